The molecule has 26 heteroatoms. The van der Waals surface area contributed by atoms with Crippen LogP contribution in [0.15, 0.2) is 88.6 Å². The lowest BCUT2D eigenvalue weighted by molar-refractivity contribution is -0.115. The summed E-state index contributed by atoms with van der Waals surface area (Å²) in [6.07, 6.45) is 0. The van der Waals surface area contributed by atoms with E-state index in [0.717, 1.165) is 50.2 Å². The van der Waals surface area contributed by atoms with Crippen LogP contribution in [0.1, 0.15) is 13.8 Å². The van der Waals surface area contributed by atoms with E-state index in [4.69, 9.17) is 5.73 Å². The first-order chi connectivity index (χ1) is 23.8. The maximum absolute atomic E-state index is 12.4. The molecule has 0 fully saturated rings. The number of benzene rings is 4. The van der Waals surface area contributed by atoms with Crippen molar-refractivity contribution in [1.29, 1.82) is 0 Å². The Balaban J connectivity index is 2.07. The van der Waals surface area contributed by atoms with Crippen molar-refractivity contribution in [3.63, 3.8) is 0 Å². The Labute approximate surface area is 293 Å². The fraction of sp³-hybridized carbons (Fsp3) is 0.0769. The van der Waals surface area contributed by atoms with Gasteiger partial charge in [0.05, 0.1) is 11.1 Å². The zero-order valence-corrected chi connectivity index (χ0v) is 29.2. The molecule has 2 amide bonds. The smallest absolute Gasteiger partial charge is 0.296 e. The van der Waals surface area contributed by atoms with Gasteiger partial charge in [-0.15, -0.1) is 20.5 Å². The van der Waals surface area contributed by atoms with Crippen molar-refractivity contribution in [3.8, 4) is 5.75 Å². The number of rotatable bonds is 10. The van der Waals surface area contributed by atoms with E-state index in [1.54, 1.807) is 0 Å². The van der Waals surface area contributed by atoms with E-state index in [1.165, 1.54) is 0 Å². The monoisotopic (exact) mass is 801 g/mol. The van der Waals surface area contributed by atoms with Crippen LogP contribution >= 0.6 is 0 Å². The van der Waals surface area contributed by atoms with Crippen LogP contribution in [0.5, 0.6) is 5.75 Å². The molecule has 0 aliphatic rings. The average molecular weight is 802 g/mol. The number of nitrogens with two attached hydrogens (primary N) is 1. The first-order valence-electron chi connectivity index (χ1n) is 13.5. The number of nitrogens with zero attached hydrogens (tertiary/aromatic N) is 4. The molecular formula is C26H23N7O15S4. The summed E-state index contributed by atoms with van der Waals surface area (Å²) in [5.41, 5.74) is 1.50. The maximum Gasteiger partial charge on any atom is 0.296 e. The van der Waals surface area contributed by atoms with Crippen LogP contribution in [0.3, 0.4) is 0 Å². The van der Waals surface area contributed by atoms with E-state index in [-0.39, 0.29) is 11.4 Å². The largest absolute Gasteiger partial charge is 0.505 e. The van der Waals surface area contributed by atoms with Crippen molar-refractivity contribution >= 4 is 103 Å². The van der Waals surface area contributed by atoms with Gasteiger partial charge < -0.3 is 21.5 Å². The van der Waals surface area contributed by atoms with Gasteiger partial charge in [0.1, 0.15) is 42.3 Å². The predicted octanol–water partition coefficient (Wildman–Crippen LogP) is 3.86. The quantitative estimate of drug-likeness (QED) is 0.0641. The number of aromatic hydroxyl groups is 1. The minimum absolute atomic E-state index is 0.0690. The van der Waals surface area contributed by atoms with Gasteiger partial charge in [-0.1, -0.05) is 0 Å². The number of hydrogen-bond acceptors (Lipinski definition) is 16. The first kappa shape index (κ1) is 39.3. The molecule has 0 atom stereocenters. The van der Waals surface area contributed by atoms with Crippen LogP contribution in [0.4, 0.5) is 39.8 Å². The van der Waals surface area contributed by atoms with Crippen LogP contribution in [0.25, 0.3) is 10.8 Å². The van der Waals surface area contributed by atoms with E-state index in [9.17, 15) is 66.6 Å². The number of phenolic OH excluding ortho intramolecular Hbond substituents is 1. The van der Waals surface area contributed by atoms with Gasteiger partial charge in [0.25, 0.3) is 40.5 Å². The number of hydrogen-bond donors (Lipinski definition) is 8. The van der Waals surface area contributed by atoms with Gasteiger partial charge in [-0.25, -0.2) is 0 Å². The topological polar surface area (TPSA) is 371 Å². The van der Waals surface area contributed by atoms with E-state index in [0.29, 0.717) is 12.1 Å². The lowest BCUT2D eigenvalue weighted by atomic mass is 10.1. The van der Waals surface area contributed by atoms with Crippen molar-refractivity contribution in [1.82, 2.24) is 0 Å². The van der Waals surface area contributed by atoms with Gasteiger partial charge in [0, 0.05) is 25.2 Å². The van der Waals surface area contributed by atoms with Gasteiger partial charge in [-0.2, -0.15) is 33.7 Å². The Hall–Kier alpha value is -5.48. The van der Waals surface area contributed by atoms with Crippen molar-refractivity contribution < 1.29 is 66.6 Å². The number of carbonyl (C=O) groups excluding carboxylic acids is 2. The van der Waals surface area contributed by atoms with Crippen LogP contribution in [-0.4, -0.2) is 68.8 Å². The van der Waals surface area contributed by atoms with Gasteiger partial charge in [0.2, 0.25) is 11.8 Å². The molecule has 0 heterocycles. The predicted molar refractivity (Wildman–Crippen MR) is 179 cm³/mol. The molecule has 0 saturated carbocycles. The van der Waals surface area contributed by atoms with Crippen LogP contribution in [0, 0.1) is 0 Å². The molecule has 0 bridgehead atoms. The lowest BCUT2D eigenvalue weighted by Gasteiger charge is -2.14. The molecule has 0 aliphatic carbocycles. The number of amides is 2. The zero-order valence-electron chi connectivity index (χ0n) is 25.9. The maximum atomic E-state index is 12.4. The summed E-state index contributed by atoms with van der Waals surface area (Å²) >= 11 is 0. The van der Waals surface area contributed by atoms with Crippen LogP contribution < -0.4 is 16.4 Å². The second kappa shape index (κ2) is 13.9. The van der Waals surface area contributed by atoms with Gasteiger partial charge in [0.15, 0.2) is 5.75 Å². The number of phenols is 1. The van der Waals surface area contributed by atoms with Crippen molar-refractivity contribution in [2.45, 2.75) is 33.4 Å². The molecule has 22 nitrogen and oxygen atoms in total. The Morgan fingerprint density at radius 3 is 1.31 bits per heavy atom. The first-order valence-corrected chi connectivity index (χ1v) is 19.2. The molecule has 0 aliphatic heterocycles. The summed E-state index contributed by atoms with van der Waals surface area (Å²) in [6, 6.07) is 6.55. The second-order valence-electron chi connectivity index (χ2n) is 10.3. The lowest BCUT2D eigenvalue weighted by Crippen LogP contribution is -2.06. The molecule has 276 valence electrons. The number of fused-ring (bicyclic) bond motifs is 1. The SMILES string of the molecule is CC(=O)Nc1ccc(S(=O)(=O)O)c(/N=N/c2c(S(=O)(=O)O)cc3cc(S(=O)(=O)O)c(/N=N/c4cc(NC(C)=O)ccc4S(=O)(=O)O)c(O)c3c2N)c1. The Bertz CT molecular complexity index is 2530. The highest BCUT2D eigenvalue weighted by Crippen LogP contribution is 2.48. The number of carbonyl (C=O) groups is 2. The molecule has 0 unspecified atom stereocenters. The number of nitrogens with one attached hydrogen (secondary N) is 2. The standard InChI is InChI=1S/C26H23N7O15S4/c1-11(34)28-14-3-5-18(49(37,38)39)16(9-14)30-32-24-20(51(43,44)45)7-13-8-21(52(46,47)48)25(26(36)22(13)23(24)27)33-31-17-10-15(29-12(2)35)4-6-19(17)50(40,41)42/h3-10,36H,27H2,1-2H3,(H,28,34)(H,29,35)(H,37,38,39)(H,40,41,42)(H,43,44,45)(H,46,47,48)/b32-30+,33-31+. The minimum atomic E-state index is -5.41. The van der Waals surface area contributed by atoms with E-state index >= 15 is 0 Å². The zero-order chi connectivity index (χ0) is 39.1. The average Bonchev–Trinajstić information content (AvgIpc) is 2.97. The third-order valence-corrected chi connectivity index (χ3v) is 10.0. The highest BCUT2D eigenvalue weighted by Gasteiger charge is 2.29. The van der Waals surface area contributed by atoms with Crippen LogP contribution in [0.2, 0.25) is 0 Å². The summed E-state index contributed by atoms with van der Waals surface area (Å²) in [5, 5.41) is 28.9. The molecule has 0 spiro atoms. The van der Waals surface area contributed by atoms with E-state index < -0.39 is 117 Å². The summed E-state index contributed by atoms with van der Waals surface area (Å²) in [6.45, 7) is 2.21. The van der Waals surface area contributed by atoms with Gasteiger partial charge in [-0.05, 0) is 53.9 Å². The van der Waals surface area contributed by atoms with Gasteiger partial charge in [-0.3, -0.25) is 27.8 Å². The fourth-order valence-electron chi connectivity index (χ4n) is 4.50. The molecule has 4 aromatic carbocycles. The molecular weight excluding hydrogens is 779 g/mol. The third kappa shape index (κ3) is 8.69. The normalized spacial score (nSPS) is 12.8. The number of nitrogen functional groups attached to an aromatic ring is 1. The Morgan fingerprint density at radius 1 is 0.577 bits per heavy atom. The van der Waals surface area contributed by atoms with Crippen molar-refractivity contribution in [3.05, 3.63) is 48.5 Å². The van der Waals surface area contributed by atoms with E-state index in [1.807, 2.05) is 0 Å². The number of anilines is 3. The Kier molecular flexibility index (Phi) is 10.5. The molecule has 4 aromatic rings. The third-order valence-electron chi connectivity index (χ3n) is 6.50. The Morgan fingerprint density at radius 2 is 0.942 bits per heavy atom. The highest BCUT2D eigenvalue weighted by molar-refractivity contribution is 7.86. The summed E-state index contributed by atoms with van der Waals surface area (Å²) < 4.78 is 137. The second-order valence-corrected chi connectivity index (χ2v) is 15.9. The number of azo groups is 2. The van der Waals surface area contributed by atoms with Crippen molar-refractivity contribution in [2.75, 3.05) is 16.4 Å². The molecule has 0 radical (unpaired) electrons. The summed E-state index contributed by atoms with van der Waals surface area (Å²) in [5.74, 6) is -2.51. The fourth-order valence-corrected chi connectivity index (χ4v) is 7.04. The molecule has 9 N–H and O–H groups in total. The van der Waals surface area contributed by atoms with Gasteiger partial charge >= 0.3 is 0 Å². The summed E-state index contributed by atoms with van der Waals surface area (Å²) in [4.78, 5) is 18.7. The summed E-state index contributed by atoms with van der Waals surface area (Å²) in [7, 11) is -20.8. The van der Waals surface area contributed by atoms with Crippen LogP contribution in [-0.2, 0) is 50.1 Å². The molecule has 52 heavy (non-hydrogen) atoms. The molecule has 0 aromatic heterocycles. The minimum Gasteiger partial charge on any atom is -0.505 e. The highest BCUT2D eigenvalue weighted by atomic mass is 32.2. The molecule has 4 rings (SSSR count). The van der Waals surface area contributed by atoms with Crippen molar-refractivity contribution in [2.24, 2.45) is 20.5 Å². The van der Waals surface area contributed by atoms with E-state index in [2.05, 4.69) is 31.1 Å². The molecule has 0 saturated heterocycles.